The molecule has 3 aromatic rings. The lowest BCUT2D eigenvalue weighted by Gasteiger charge is -2.60. The zero-order chi connectivity index (χ0) is 41.5. The van der Waals surface area contributed by atoms with Crippen LogP contribution >= 0.6 is 0 Å². The maximum absolute atomic E-state index is 14.8. The molecule has 11 heteroatoms. The van der Waals surface area contributed by atoms with Gasteiger partial charge in [0.15, 0.2) is 0 Å². The molecule has 0 unspecified atom stereocenters. The number of hydrogen-bond donors (Lipinski definition) is 2. The largest absolute Gasteiger partial charge is 0.492 e. The van der Waals surface area contributed by atoms with Gasteiger partial charge in [0.25, 0.3) is 0 Å². The number of carbonyl (C=O) groups is 1. The van der Waals surface area contributed by atoms with Crippen molar-refractivity contribution in [2.75, 3.05) is 46.1 Å². The SMILES string of the molecule is C=CCO[C@@]12Oc3ccc(OCCN4CC4)cc3[C@H]3[C@H](CCCCO)[C@@H](CCCCO)C=C(C(=NOCc4ccccc4)C[C@@H]1N(Cc1ccc(F)cc1)C(=O)C1CC1)[C@H]32. The van der Waals surface area contributed by atoms with Gasteiger partial charge in [-0.25, -0.2) is 4.39 Å². The van der Waals surface area contributed by atoms with E-state index < -0.39 is 17.7 Å². The topological polar surface area (TPSA) is 113 Å². The van der Waals surface area contributed by atoms with Crippen molar-refractivity contribution in [1.29, 1.82) is 0 Å². The molecule has 0 aromatic heterocycles. The van der Waals surface area contributed by atoms with E-state index in [9.17, 15) is 19.4 Å². The lowest BCUT2D eigenvalue weighted by atomic mass is 9.55. The first-order chi connectivity index (χ1) is 29.4. The summed E-state index contributed by atoms with van der Waals surface area (Å²) in [7, 11) is 0. The number of halogens is 1. The summed E-state index contributed by atoms with van der Waals surface area (Å²) < 4.78 is 35.2. The molecule has 3 aromatic carbocycles. The Morgan fingerprint density at radius 1 is 0.983 bits per heavy atom. The predicted molar refractivity (Wildman–Crippen MR) is 228 cm³/mol. The summed E-state index contributed by atoms with van der Waals surface area (Å²) in [6.07, 6.45) is 10.7. The maximum atomic E-state index is 14.8. The van der Waals surface area contributed by atoms with Crippen LogP contribution in [0.4, 0.5) is 4.39 Å². The number of unbranched alkanes of at least 4 members (excludes halogenated alkanes) is 2. The first kappa shape index (κ1) is 42.2. The van der Waals surface area contributed by atoms with E-state index in [1.54, 1.807) is 18.2 Å². The molecule has 0 radical (unpaired) electrons. The first-order valence-electron chi connectivity index (χ1n) is 22.1. The quantitative estimate of drug-likeness (QED) is 0.0458. The molecule has 2 heterocycles. The van der Waals surface area contributed by atoms with Gasteiger partial charge in [0.1, 0.15) is 36.6 Å². The summed E-state index contributed by atoms with van der Waals surface area (Å²) in [6, 6.07) is 21.7. The van der Waals surface area contributed by atoms with Gasteiger partial charge < -0.3 is 34.2 Å². The van der Waals surface area contributed by atoms with E-state index in [0.29, 0.717) is 31.6 Å². The van der Waals surface area contributed by atoms with Gasteiger partial charge in [-0.05, 0) is 97.4 Å². The van der Waals surface area contributed by atoms with E-state index >= 15 is 0 Å². The third kappa shape index (κ3) is 9.49. The molecular weight excluding hydrogens is 762 g/mol. The Morgan fingerprint density at radius 2 is 1.75 bits per heavy atom. The van der Waals surface area contributed by atoms with Gasteiger partial charge in [-0.3, -0.25) is 9.69 Å². The number of rotatable bonds is 22. The average Bonchev–Trinajstić information content (AvgIpc) is 4.21. The normalized spacial score (nSPS) is 26.0. The van der Waals surface area contributed by atoms with E-state index in [0.717, 1.165) is 91.9 Å². The number of benzene rings is 3. The van der Waals surface area contributed by atoms with Crippen molar-refractivity contribution in [3.05, 3.63) is 120 Å². The minimum Gasteiger partial charge on any atom is -0.492 e. The van der Waals surface area contributed by atoms with E-state index in [-0.39, 0.29) is 68.4 Å². The highest BCUT2D eigenvalue weighted by molar-refractivity contribution is 6.03. The fourth-order valence-electron chi connectivity index (χ4n) is 9.78. The Balaban J connectivity index is 1.30. The molecule has 0 spiro atoms. The molecule has 2 saturated carbocycles. The average molecular weight is 822 g/mol. The highest BCUT2D eigenvalue weighted by atomic mass is 19.1. The van der Waals surface area contributed by atoms with Crippen LogP contribution in [0.1, 0.15) is 80.4 Å². The van der Waals surface area contributed by atoms with Gasteiger partial charge in [0, 0.05) is 63.2 Å². The molecule has 3 fully saturated rings. The van der Waals surface area contributed by atoms with Crippen molar-refractivity contribution in [3.8, 4) is 11.5 Å². The molecular formula is C49H60FN3O7. The monoisotopic (exact) mass is 821 g/mol. The molecule has 6 atom stereocenters. The fourth-order valence-corrected chi connectivity index (χ4v) is 9.78. The van der Waals surface area contributed by atoms with E-state index in [1.807, 2.05) is 47.4 Å². The van der Waals surface area contributed by atoms with Crippen molar-refractivity contribution < 1.29 is 38.4 Å². The molecule has 60 heavy (non-hydrogen) atoms. The van der Waals surface area contributed by atoms with Crippen LogP contribution in [-0.4, -0.2) is 89.5 Å². The number of hydrogen-bond acceptors (Lipinski definition) is 9. The Hall–Kier alpha value is -4.55. The van der Waals surface area contributed by atoms with Crippen molar-refractivity contribution >= 4 is 11.6 Å². The number of allylic oxidation sites excluding steroid dienone is 1. The molecule has 3 aliphatic carbocycles. The highest BCUT2D eigenvalue weighted by Gasteiger charge is 2.66. The van der Waals surface area contributed by atoms with Gasteiger partial charge in [-0.2, -0.15) is 0 Å². The van der Waals surface area contributed by atoms with Crippen LogP contribution in [0.3, 0.4) is 0 Å². The van der Waals surface area contributed by atoms with Gasteiger partial charge >= 0.3 is 0 Å². The molecule has 2 aliphatic heterocycles. The van der Waals surface area contributed by atoms with Gasteiger partial charge in [0.2, 0.25) is 11.7 Å². The van der Waals surface area contributed by atoms with Crippen molar-refractivity contribution in [2.24, 2.45) is 28.8 Å². The Bertz CT molecular complexity index is 1980. The second-order valence-electron chi connectivity index (χ2n) is 17.1. The van der Waals surface area contributed by atoms with Crippen LogP contribution in [0.15, 0.2) is 102 Å². The molecule has 10 nitrogen and oxygen atoms in total. The summed E-state index contributed by atoms with van der Waals surface area (Å²) in [4.78, 5) is 25.3. The van der Waals surface area contributed by atoms with Crippen LogP contribution in [0.25, 0.3) is 0 Å². The highest BCUT2D eigenvalue weighted by Crippen LogP contribution is 2.62. The molecule has 0 bridgehead atoms. The number of aliphatic hydroxyl groups is 2. The molecule has 1 amide bonds. The fraction of sp³-hybridized carbons (Fsp3) is 0.510. The van der Waals surface area contributed by atoms with Crippen LogP contribution in [0, 0.1) is 29.5 Å². The van der Waals surface area contributed by atoms with Gasteiger partial charge in [-0.1, -0.05) is 72.6 Å². The Kier molecular flexibility index (Phi) is 13.7. The number of nitrogens with zero attached hydrogens (tertiary/aromatic N) is 3. The van der Waals surface area contributed by atoms with E-state index in [1.165, 1.54) is 12.1 Å². The summed E-state index contributed by atoms with van der Waals surface area (Å²) in [5.74, 6) is -0.725. The molecule has 320 valence electrons. The number of carbonyl (C=O) groups excluding carboxylic acids is 1. The second kappa shape index (κ2) is 19.4. The van der Waals surface area contributed by atoms with Crippen LogP contribution < -0.4 is 9.47 Å². The number of aliphatic hydroxyl groups excluding tert-OH is 2. The zero-order valence-corrected chi connectivity index (χ0v) is 34.6. The summed E-state index contributed by atoms with van der Waals surface area (Å²) in [5.41, 5.74) is 4.55. The Labute approximate surface area is 353 Å². The van der Waals surface area contributed by atoms with E-state index in [4.69, 9.17) is 24.2 Å². The Morgan fingerprint density at radius 3 is 2.47 bits per heavy atom. The minimum absolute atomic E-state index is 0.0150. The second-order valence-corrected chi connectivity index (χ2v) is 17.1. The molecule has 2 N–H and O–H groups in total. The predicted octanol–water partition coefficient (Wildman–Crippen LogP) is 7.79. The zero-order valence-electron chi connectivity index (χ0n) is 34.6. The maximum Gasteiger partial charge on any atom is 0.239 e. The smallest absolute Gasteiger partial charge is 0.239 e. The van der Waals surface area contributed by atoms with Crippen molar-refractivity contribution in [2.45, 2.75) is 88.7 Å². The summed E-state index contributed by atoms with van der Waals surface area (Å²) >= 11 is 0. The van der Waals surface area contributed by atoms with Crippen molar-refractivity contribution in [1.82, 2.24) is 9.80 Å². The molecule has 5 aliphatic rings. The lowest BCUT2D eigenvalue weighted by molar-refractivity contribution is -0.258. The van der Waals surface area contributed by atoms with Crippen LogP contribution in [0.2, 0.25) is 0 Å². The number of ether oxygens (including phenoxy) is 3. The third-order valence-corrected chi connectivity index (χ3v) is 13.0. The molecule has 8 rings (SSSR count). The van der Waals surface area contributed by atoms with Crippen molar-refractivity contribution in [3.63, 3.8) is 0 Å². The summed E-state index contributed by atoms with van der Waals surface area (Å²) in [5, 5.41) is 24.8. The minimum atomic E-state index is -1.37. The lowest BCUT2D eigenvalue weighted by Crippen LogP contribution is -2.70. The standard InChI is InChI=1S/C49H60FN3O7/c1-2-27-58-49-45(53(48(56)36-16-17-36)32-34-14-18-38(50)19-15-34)31-43(51-59-33-35-10-4-3-5-11-35)41-29-37(12-6-8-25-54)40(13-7-9-26-55)46(47(41)49)42-30-39(20-21-44(42)60-49)57-28-24-52-22-23-52/h2-5,10-11,14-15,18-21,29-30,36-37,40,45-47,54-55H,1,6-9,12-13,16-17,22-28,31-33H2/t37-,40+,45-,46+,47+,49+/m0/s1. The van der Waals surface area contributed by atoms with Crippen LogP contribution in [0.5, 0.6) is 11.5 Å². The van der Waals surface area contributed by atoms with Gasteiger partial charge in [0.05, 0.1) is 18.2 Å². The number of amides is 1. The summed E-state index contributed by atoms with van der Waals surface area (Å²) in [6.45, 7) is 8.61. The third-order valence-electron chi connectivity index (χ3n) is 13.0. The number of oxime groups is 1. The van der Waals surface area contributed by atoms with Crippen LogP contribution in [-0.2, 0) is 27.5 Å². The number of fused-ring (bicyclic) bond motifs is 2. The van der Waals surface area contributed by atoms with E-state index in [2.05, 4.69) is 23.6 Å². The molecule has 1 saturated heterocycles. The first-order valence-corrected chi connectivity index (χ1v) is 22.1. The van der Waals surface area contributed by atoms with Gasteiger partial charge in [-0.15, -0.1) is 6.58 Å².